The molecule has 1 saturated carbocycles. The van der Waals surface area contributed by atoms with Crippen LogP contribution in [0.1, 0.15) is 44.2 Å². The van der Waals surface area contributed by atoms with Gasteiger partial charge in [0.25, 0.3) is 5.88 Å². The van der Waals surface area contributed by atoms with E-state index in [-0.39, 0.29) is 0 Å². The molecule has 0 saturated heterocycles. The van der Waals surface area contributed by atoms with Gasteiger partial charge in [-0.25, -0.2) is 9.59 Å². The van der Waals surface area contributed by atoms with Gasteiger partial charge in [0.1, 0.15) is 5.69 Å². The van der Waals surface area contributed by atoms with Gasteiger partial charge in [0.05, 0.1) is 18.3 Å². The Hall–Kier alpha value is -2.00. The third-order valence-electron chi connectivity index (χ3n) is 4.51. The van der Waals surface area contributed by atoms with Gasteiger partial charge in [-0.15, -0.1) is 4.37 Å². The second-order valence-electron chi connectivity index (χ2n) is 6.57. The average molecular weight is 383 g/mol. The Labute approximate surface area is 156 Å². The monoisotopic (exact) mass is 383 g/mol. The van der Waals surface area contributed by atoms with Gasteiger partial charge in [0.15, 0.2) is 0 Å². The first kappa shape index (κ1) is 20.3. The van der Waals surface area contributed by atoms with Crippen LogP contribution in [-0.2, 0) is 9.59 Å². The second kappa shape index (κ2) is 10.2. The summed E-state index contributed by atoms with van der Waals surface area (Å²) in [6, 6.07) is 0. The lowest BCUT2D eigenvalue weighted by Gasteiger charge is -2.25. The van der Waals surface area contributed by atoms with Gasteiger partial charge in [-0.2, -0.15) is 4.37 Å². The molecular weight excluding hydrogens is 358 g/mol. The highest BCUT2D eigenvalue weighted by molar-refractivity contribution is 6.99. The maximum atomic E-state index is 9.10. The Morgan fingerprint density at radius 2 is 2.04 bits per heavy atom. The van der Waals surface area contributed by atoms with Gasteiger partial charge in [0, 0.05) is 13.1 Å². The molecule has 8 nitrogen and oxygen atoms in total. The molecule has 1 aliphatic heterocycles. The molecule has 144 valence electrons. The smallest absolute Gasteiger partial charge is 0.414 e. The third kappa shape index (κ3) is 6.38. The number of nitrogens with zero attached hydrogens (tertiary/aromatic N) is 3. The van der Waals surface area contributed by atoms with E-state index in [9.17, 15) is 0 Å². The van der Waals surface area contributed by atoms with E-state index in [1.807, 2.05) is 0 Å². The van der Waals surface area contributed by atoms with Gasteiger partial charge in [-0.1, -0.05) is 25.3 Å². The van der Waals surface area contributed by atoms with Crippen LogP contribution in [0.15, 0.2) is 6.08 Å². The number of ether oxygens (including phenoxy) is 1. The van der Waals surface area contributed by atoms with E-state index < -0.39 is 11.9 Å². The third-order valence-corrected chi connectivity index (χ3v) is 5.02. The minimum Gasteiger partial charge on any atom is -0.475 e. The van der Waals surface area contributed by atoms with Crippen LogP contribution in [0, 0.1) is 5.92 Å². The molecule has 0 radical (unpaired) electrons. The first-order valence-corrected chi connectivity index (χ1v) is 9.50. The van der Waals surface area contributed by atoms with E-state index in [0.717, 1.165) is 50.0 Å². The fraction of sp³-hybridized carbons (Fsp3) is 0.647. The topological polar surface area (TPSA) is 113 Å². The molecule has 0 aromatic carbocycles. The Kier molecular flexibility index (Phi) is 7.99. The van der Waals surface area contributed by atoms with E-state index in [0.29, 0.717) is 0 Å². The molecule has 0 atom stereocenters. The Morgan fingerprint density at radius 1 is 1.31 bits per heavy atom. The molecule has 1 aromatic heterocycles. The van der Waals surface area contributed by atoms with Crippen molar-refractivity contribution in [3.63, 3.8) is 0 Å². The van der Waals surface area contributed by atoms with Gasteiger partial charge in [0.2, 0.25) is 0 Å². The normalized spacial score (nSPS) is 17.5. The van der Waals surface area contributed by atoms with E-state index in [1.165, 1.54) is 43.0 Å². The van der Waals surface area contributed by atoms with Gasteiger partial charge >= 0.3 is 11.9 Å². The van der Waals surface area contributed by atoms with Crippen LogP contribution in [-0.4, -0.2) is 62.5 Å². The molecule has 0 bridgehead atoms. The molecule has 0 amide bonds. The number of hydrogen-bond acceptors (Lipinski definition) is 7. The molecule has 1 aliphatic carbocycles. The maximum absolute atomic E-state index is 9.10. The van der Waals surface area contributed by atoms with E-state index >= 15 is 0 Å². The predicted molar refractivity (Wildman–Crippen MR) is 97.3 cm³/mol. The van der Waals surface area contributed by atoms with Crippen molar-refractivity contribution in [2.45, 2.75) is 38.5 Å². The first-order chi connectivity index (χ1) is 12.5. The van der Waals surface area contributed by atoms with Crippen LogP contribution in [0.5, 0.6) is 5.88 Å². The van der Waals surface area contributed by atoms with Crippen molar-refractivity contribution in [3.05, 3.63) is 11.8 Å². The maximum Gasteiger partial charge on any atom is 0.414 e. The van der Waals surface area contributed by atoms with Gasteiger partial charge in [-0.05, 0) is 37.8 Å². The van der Waals surface area contributed by atoms with Crippen LogP contribution >= 0.6 is 11.7 Å². The Bertz CT molecular complexity index is 630. The number of carbonyl (C=O) groups is 2. The molecule has 2 N–H and O–H groups in total. The van der Waals surface area contributed by atoms with Crippen molar-refractivity contribution in [2.24, 2.45) is 5.92 Å². The van der Waals surface area contributed by atoms with Crippen molar-refractivity contribution >= 4 is 29.2 Å². The lowest BCUT2D eigenvalue weighted by atomic mass is 9.82. The van der Waals surface area contributed by atoms with Crippen molar-refractivity contribution in [3.8, 4) is 5.88 Å². The lowest BCUT2D eigenvalue weighted by Crippen LogP contribution is -2.25. The largest absolute Gasteiger partial charge is 0.475 e. The Balaban J connectivity index is 0.000000352. The molecular formula is C17H25N3O5S. The fourth-order valence-corrected chi connectivity index (χ4v) is 3.39. The van der Waals surface area contributed by atoms with Crippen LogP contribution < -0.4 is 4.74 Å². The van der Waals surface area contributed by atoms with Crippen LogP contribution in [0.3, 0.4) is 0 Å². The molecule has 0 unspecified atom stereocenters. The zero-order valence-corrected chi connectivity index (χ0v) is 15.7. The first-order valence-electron chi connectivity index (χ1n) is 8.77. The molecule has 26 heavy (non-hydrogen) atoms. The highest BCUT2D eigenvalue weighted by Crippen LogP contribution is 2.31. The number of aromatic nitrogens is 2. The summed E-state index contributed by atoms with van der Waals surface area (Å²) in [5.74, 6) is -1.95. The van der Waals surface area contributed by atoms with E-state index in [4.69, 9.17) is 24.5 Å². The number of carboxylic acid groups (broad SMARTS) is 2. The summed E-state index contributed by atoms with van der Waals surface area (Å²) in [4.78, 5) is 20.5. The van der Waals surface area contributed by atoms with E-state index in [1.54, 1.807) is 0 Å². The van der Waals surface area contributed by atoms with Crippen molar-refractivity contribution in [1.82, 2.24) is 13.6 Å². The summed E-state index contributed by atoms with van der Waals surface area (Å²) in [5.41, 5.74) is 2.23. The standard InChI is InChI=1S/C15H23N3OS.C2H2O4/c1-18-9-3-8-13(11-18)14-15(17-20-16-14)19-10-4-7-12-5-2-6-12;3-1(4)2(5)6/h8,12H,2-7,9-11H2,1H3;(H,3,4)(H,5,6). The van der Waals surface area contributed by atoms with Crippen molar-refractivity contribution < 1.29 is 24.5 Å². The number of aliphatic carboxylic acids is 2. The highest BCUT2D eigenvalue weighted by atomic mass is 32.1. The summed E-state index contributed by atoms with van der Waals surface area (Å²) < 4.78 is 14.6. The molecule has 1 fully saturated rings. The number of carboxylic acids is 2. The van der Waals surface area contributed by atoms with Crippen LogP contribution in [0.4, 0.5) is 0 Å². The molecule has 9 heteroatoms. The molecule has 3 rings (SSSR count). The highest BCUT2D eigenvalue weighted by Gasteiger charge is 2.19. The fourth-order valence-electron chi connectivity index (χ4n) is 2.86. The number of rotatable bonds is 6. The number of likely N-dealkylation sites (N-methyl/N-ethyl adjacent to an activating group) is 1. The zero-order chi connectivity index (χ0) is 18.9. The summed E-state index contributed by atoms with van der Waals surface area (Å²) in [6.45, 7) is 2.85. The minimum absolute atomic E-state index is 0.741. The summed E-state index contributed by atoms with van der Waals surface area (Å²) in [6.07, 6.45) is 10.1. The minimum atomic E-state index is -1.82. The second-order valence-corrected chi connectivity index (χ2v) is 7.10. The van der Waals surface area contributed by atoms with Crippen molar-refractivity contribution in [2.75, 3.05) is 26.7 Å². The predicted octanol–water partition coefficient (Wildman–Crippen LogP) is 2.37. The average Bonchev–Trinajstić information content (AvgIpc) is 3.02. The summed E-state index contributed by atoms with van der Waals surface area (Å²) in [5, 5.41) is 14.8. The van der Waals surface area contributed by atoms with Gasteiger partial charge < -0.3 is 19.8 Å². The molecule has 0 spiro atoms. The van der Waals surface area contributed by atoms with Gasteiger partial charge in [-0.3, -0.25) is 0 Å². The van der Waals surface area contributed by atoms with Crippen LogP contribution in [0.25, 0.3) is 5.57 Å². The quantitative estimate of drug-likeness (QED) is 0.569. The summed E-state index contributed by atoms with van der Waals surface area (Å²) in [7, 11) is 2.14. The zero-order valence-electron chi connectivity index (χ0n) is 14.9. The number of hydrogen-bond donors (Lipinski definition) is 2. The molecule has 2 heterocycles. The molecule has 2 aliphatic rings. The lowest BCUT2D eigenvalue weighted by molar-refractivity contribution is -0.159. The van der Waals surface area contributed by atoms with Crippen LogP contribution in [0.2, 0.25) is 0 Å². The Morgan fingerprint density at radius 3 is 2.62 bits per heavy atom. The SMILES string of the molecule is CN1CCC=C(c2nsnc2OCCCC2CCC2)C1.O=C(O)C(=O)O. The van der Waals surface area contributed by atoms with E-state index in [2.05, 4.69) is 26.8 Å². The van der Waals surface area contributed by atoms with Crippen molar-refractivity contribution in [1.29, 1.82) is 0 Å². The summed E-state index contributed by atoms with van der Waals surface area (Å²) >= 11 is 1.26. The molecule has 1 aromatic rings.